The molecule has 0 aromatic carbocycles. The fourth-order valence-electron chi connectivity index (χ4n) is 4.61. The summed E-state index contributed by atoms with van der Waals surface area (Å²) in [6.45, 7) is 2.24. The minimum atomic E-state index is 0.192. The first kappa shape index (κ1) is 18.1. The number of nitrogens with one attached hydrogen (secondary N) is 3. The molecule has 0 spiro atoms. The van der Waals surface area contributed by atoms with Crippen LogP contribution in [0.15, 0.2) is 42.9 Å². The Balaban J connectivity index is 1.41. The zero-order valence-electron chi connectivity index (χ0n) is 17.1. The molecular formula is C23H24N8. The number of nitrogen functional groups attached to an aromatic ring is 1. The zero-order chi connectivity index (χ0) is 20.8. The third kappa shape index (κ3) is 3.16. The van der Waals surface area contributed by atoms with Crippen LogP contribution in [-0.4, -0.2) is 43.1 Å². The SMILES string of the molecule is Nc1cncc(-c2ccc3[nH]nc(-c4cc5c([nH]4)C=CNC5N4CCCCC4)c3n2)c1. The van der Waals surface area contributed by atoms with Crippen molar-refractivity contribution in [1.29, 1.82) is 0 Å². The molecule has 0 saturated carbocycles. The Morgan fingerprint density at radius 3 is 2.84 bits per heavy atom. The lowest BCUT2D eigenvalue weighted by molar-refractivity contribution is 0.147. The molecule has 4 aromatic rings. The Hall–Kier alpha value is -3.65. The van der Waals surface area contributed by atoms with Crippen LogP contribution in [0.1, 0.15) is 36.7 Å². The fourth-order valence-corrected chi connectivity index (χ4v) is 4.61. The zero-order valence-corrected chi connectivity index (χ0v) is 17.1. The van der Waals surface area contributed by atoms with Crippen LogP contribution < -0.4 is 11.1 Å². The second kappa shape index (κ2) is 7.24. The van der Waals surface area contributed by atoms with Crippen LogP contribution in [0.5, 0.6) is 0 Å². The molecule has 5 N–H and O–H groups in total. The molecule has 4 aromatic heterocycles. The summed E-state index contributed by atoms with van der Waals surface area (Å²) in [5.74, 6) is 0. The second-order valence-electron chi connectivity index (χ2n) is 8.22. The van der Waals surface area contributed by atoms with Gasteiger partial charge in [-0.25, -0.2) is 4.98 Å². The van der Waals surface area contributed by atoms with Crippen molar-refractivity contribution in [3.8, 4) is 22.6 Å². The van der Waals surface area contributed by atoms with Crippen molar-refractivity contribution in [2.75, 3.05) is 18.8 Å². The maximum Gasteiger partial charge on any atom is 0.135 e. The van der Waals surface area contributed by atoms with Gasteiger partial charge in [-0.3, -0.25) is 15.0 Å². The number of nitrogens with zero attached hydrogens (tertiary/aromatic N) is 4. The predicted molar refractivity (Wildman–Crippen MR) is 122 cm³/mol. The molecular weight excluding hydrogens is 388 g/mol. The number of nitrogens with two attached hydrogens (primary N) is 1. The summed E-state index contributed by atoms with van der Waals surface area (Å²) in [5.41, 5.74) is 14.1. The Morgan fingerprint density at radius 1 is 1.06 bits per heavy atom. The molecule has 31 heavy (non-hydrogen) atoms. The van der Waals surface area contributed by atoms with Crippen molar-refractivity contribution in [2.45, 2.75) is 25.4 Å². The average molecular weight is 413 g/mol. The summed E-state index contributed by atoms with van der Waals surface area (Å²) in [5, 5.41) is 11.2. The number of H-pyrrole nitrogens is 2. The van der Waals surface area contributed by atoms with Gasteiger partial charge in [0.15, 0.2) is 0 Å². The van der Waals surface area contributed by atoms with Gasteiger partial charge in [0, 0.05) is 42.3 Å². The van der Waals surface area contributed by atoms with Gasteiger partial charge in [-0.15, -0.1) is 0 Å². The molecule has 2 aliphatic heterocycles. The number of rotatable bonds is 3. The summed E-state index contributed by atoms with van der Waals surface area (Å²) < 4.78 is 0. The molecule has 2 aliphatic rings. The van der Waals surface area contributed by atoms with Gasteiger partial charge in [0.25, 0.3) is 0 Å². The van der Waals surface area contributed by atoms with Gasteiger partial charge in [0.05, 0.1) is 22.6 Å². The second-order valence-corrected chi connectivity index (χ2v) is 8.22. The number of piperidine rings is 1. The molecule has 156 valence electrons. The van der Waals surface area contributed by atoms with E-state index in [0.717, 1.165) is 52.5 Å². The average Bonchev–Trinajstić information content (AvgIpc) is 3.43. The van der Waals surface area contributed by atoms with Crippen molar-refractivity contribution < 1.29 is 0 Å². The van der Waals surface area contributed by atoms with E-state index in [9.17, 15) is 0 Å². The molecule has 1 atom stereocenters. The van der Waals surface area contributed by atoms with Crippen molar-refractivity contribution >= 4 is 22.8 Å². The number of aromatic amines is 2. The Labute approximate surface area is 179 Å². The van der Waals surface area contributed by atoms with Crippen LogP contribution in [-0.2, 0) is 0 Å². The van der Waals surface area contributed by atoms with Crippen molar-refractivity contribution in [3.05, 3.63) is 54.1 Å². The van der Waals surface area contributed by atoms with E-state index in [1.165, 1.54) is 24.8 Å². The lowest BCUT2D eigenvalue weighted by Crippen LogP contribution is -2.40. The van der Waals surface area contributed by atoms with Gasteiger partial charge in [-0.2, -0.15) is 5.10 Å². The van der Waals surface area contributed by atoms with E-state index in [2.05, 4.69) is 42.5 Å². The molecule has 1 unspecified atom stereocenters. The number of pyridine rings is 2. The minimum Gasteiger partial charge on any atom is -0.397 e. The van der Waals surface area contributed by atoms with Crippen molar-refractivity contribution in [2.24, 2.45) is 0 Å². The fraction of sp³-hybridized carbons (Fsp3) is 0.261. The van der Waals surface area contributed by atoms with Crippen LogP contribution >= 0.6 is 0 Å². The van der Waals surface area contributed by atoms with Crippen LogP contribution in [0.2, 0.25) is 0 Å². The normalized spacial score (nSPS) is 18.8. The van der Waals surface area contributed by atoms with Gasteiger partial charge in [-0.05, 0) is 49.4 Å². The lowest BCUT2D eigenvalue weighted by Gasteiger charge is -2.36. The summed E-state index contributed by atoms with van der Waals surface area (Å²) in [7, 11) is 0. The smallest absolute Gasteiger partial charge is 0.135 e. The Morgan fingerprint density at radius 2 is 1.97 bits per heavy atom. The monoisotopic (exact) mass is 412 g/mol. The highest BCUT2D eigenvalue weighted by Crippen LogP contribution is 2.34. The maximum absolute atomic E-state index is 5.91. The van der Waals surface area contributed by atoms with Crippen LogP contribution in [0.3, 0.4) is 0 Å². The van der Waals surface area contributed by atoms with E-state index in [-0.39, 0.29) is 6.17 Å². The maximum atomic E-state index is 5.91. The Kier molecular flexibility index (Phi) is 4.24. The van der Waals surface area contributed by atoms with Gasteiger partial charge in [0.1, 0.15) is 17.4 Å². The van der Waals surface area contributed by atoms with E-state index < -0.39 is 0 Å². The van der Waals surface area contributed by atoms with Gasteiger partial charge < -0.3 is 16.0 Å². The summed E-state index contributed by atoms with van der Waals surface area (Å²) >= 11 is 0. The molecule has 8 nitrogen and oxygen atoms in total. The number of likely N-dealkylation sites (tertiary alicyclic amines) is 1. The summed E-state index contributed by atoms with van der Waals surface area (Å²) in [6, 6.07) is 8.04. The number of fused-ring (bicyclic) bond motifs is 2. The Bertz CT molecular complexity index is 1280. The number of anilines is 1. The van der Waals surface area contributed by atoms with E-state index >= 15 is 0 Å². The molecule has 0 amide bonds. The predicted octanol–water partition coefficient (Wildman–Crippen LogP) is 3.66. The van der Waals surface area contributed by atoms with Crippen LogP contribution in [0.4, 0.5) is 5.69 Å². The molecule has 1 fully saturated rings. The van der Waals surface area contributed by atoms with Crippen molar-refractivity contribution in [3.63, 3.8) is 0 Å². The quantitative estimate of drug-likeness (QED) is 0.409. The lowest BCUT2D eigenvalue weighted by atomic mass is 10.0. The third-order valence-electron chi connectivity index (χ3n) is 6.15. The highest BCUT2D eigenvalue weighted by Gasteiger charge is 2.27. The first-order valence-electron chi connectivity index (χ1n) is 10.7. The summed E-state index contributed by atoms with van der Waals surface area (Å²) in [4.78, 5) is 15.2. The van der Waals surface area contributed by atoms with E-state index in [1.807, 2.05) is 24.4 Å². The van der Waals surface area contributed by atoms with E-state index in [0.29, 0.717) is 5.69 Å². The van der Waals surface area contributed by atoms with E-state index in [1.54, 1.807) is 12.4 Å². The largest absolute Gasteiger partial charge is 0.397 e. The highest BCUT2D eigenvalue weighted by atomic mass is 15.3. The first-order valence-corrected chi connectivity index (χ1v) is 10.7. The molecule has 0 radical (unpaired) electrons. The van der Waals surface area contributed by atoms with Crippen LogP contribution in [0, 0.1) is 0 Å². The number of aromatic nitrogens is 5. The van der Waals surface area contributed by atoms with Crippen molar-refractivity contribution in [1.82, 2.24) is 35.4 Å². The molecule has 0 aliphatic carbocycles. The third-order valence-corrected chi connectivity index (χ3v) is 6.15. The van der Waals surface area contributed by atoms with Gasteiger partial charge >= 0.3 is 0 Å². The molecule has 0 bridgehead atoms. The number of hydrogen-bond donors (Lipinski definition) is 4. The molecule has 1 saturated heterocycles. The minimum absolute atomic E-state index is 0.192. The van der Waals surface area contributed by atoms with Gasteiger partial charge in [0.2, 0.25) is 0 Å². The molecule has 8 heteroatoms. The highest BCUT2D eigenvalue weighted by molar-refractivity contribution is 5.90. The molecule has 6 rings (SSSR count). The van der Waals surface area contributed by atoms with E-state index in [4.69, 9.17) is 10.7 Å². The standard InChI is InChI=1S/C23H24N8/c24-15-10-14(12-25-13-15)17-4-5-19-21(28-17)22(30-29-19)20-11-16-18(27-20)6-7-26-23(16)31-8-2-1-3-9-31/h4-7,10-13,23,26-27H,1-3,8-9,24H2,(H,29,30). The van der Waals surface area contributed by atoms with Gasteiger partial charge in [-0.1, -0.05) is 6.42 Å². The first-order chi connectivity index (χ1) is 15.3. The van der Waals surface area contributed by atoms with Crippen LogP contribution in [0.25, 0.3) is 39.8 Å². The summed E-state index contributed by atoms with van der Waals surface area (Å²) in [6.07, 6.45) is 11.6. The topological polar surface area (TPSA) is 112 Å². The number of hydrogen-bond acceptors (Lipinski definition) is 6. The molecule has 6 heterocycles.